The van der Waals surface area contributed by atoms with Crippen LogP contribution >= 0.6 is 11.3 Å². The zero-order valence-electron chi connectivity index (χ0n) is 17.0. The molecule has 0 fully saturated rings. The zero-order chi connectivity index (χ0) is 21.7. The van der Waals surface area contributed by atoms with Crippen LogP contribution in [-0.2, 0) is 9.53 Å². The number of amides is 1. The fraction of sp³-hybridized carbons (Fsp3) is 0.217. The maximum Gasteiger partial charge on any atom is 0.341 e. The van der Waals surface area contributed by atoms with Gasteiger partial charge in [0.15, 0.2) is 6.61 Å². The molecule has 0 saturated carbocycles. The molecule has 2 aromatic carbocycles. The van der Waals surface area contributed by atoms with Crippen LogP contribution in [0.1, 0.15) is 28.4 Å². The summed E-state index contributed by atoms with van der Waals surface area (Å²) >= 11 is 1.20. The van der Waals surface area contributed by atoms with Gasteiger partial charge in [0.1, 0.15) is 22.1 Å². The van der Waals surface area contributed by atoms with Crippen molar-refractivity contribution in [2.45, 2.75) is 20.8 Å². The molecule has 5 nitrogen and oxygen atoms in total. The highest BCUT2D eigenvalue weighted by Gasteiger charge is 2.23. The summed E-state index contributed by atoms with van der Waals surface area (Å²) < 4.78 is 24.1. The molecule has 0 spiro atoms. The van der Waals surface area contributed by atoms with Gasteiger partial charge in [0.05, 0.1) is 6.61 Å². The van der Waals surface area contributed by atoms with E-state index in [1.54, 1.807) is 24.4 Å². The predicted molar refractivity (Wildman–Crippen MR) is 116 cm³/mol. The van der Waals surface area contributed by atoms with E-state index >= 15 is 0 Å². The SMILES string of the molecule is CCOC(=O)c1c(-c2ccc(F)cc2)csc1NC(=O)COc1cc(C)ccc1C. The van der Waals surface area contributed by atoms with E-state index in [2.05, 4.69) is 5.32 Å². The number of carbonyl (C=O) groups is 2. The minimum atomic E-state index is -0.552. The van der Waals surface area contributed by atoms with Crippen LogP contribution in [-0.4, -0.2) is 25.1 Å². The van der Waals surface area contributed by atoms with Crippen molar-refractivity contribution < 1.29 is 23.5 Å². The van der Waals surface area contributed by atoms with Crippen LogP contribution in [0.2, 0.25) is 0 Å². The second kappa shape index (κ2) is 9.54. The molecule has 7 heteroatoms. The fourth-order valence-electron chi connectivity index (χ4n) is 2.87. The second-order valence-electron chi connectivity index (χ2n) is 6.69. The number of esters is 1. The summed E-state index contributed by atoms with van der Waals surface area (Å²) in [5.41, 5.74) is 3.43. The van der Waals surface area contributed by atoms with Gasteiger partial charge in [0.25, 0.3) is 5.91 Å². The van der Waals surface area contributed by atoms with Crippen molar-refractivity contribution in [1.29, 1.82) is 0 Å². The number of rotatable bonds is 7. The average Bonchev–Trinajstić information content (AvgIpc) is 3.13. The Morgan fingerprint density at radius 3 is 2.53 bits per heavy atom. The Morgan fingerprint density at radius 2 is 1.83 bits per heavy atom. The Bertz CT molecular complexity index is 1060. The van der Waals surface area contributed by atoms with Crippen LogP contribution in [0, 0.1) is 19.7 Å². The standard InChI is InChI=1S/C23H22FNO4S/c1-4-28-23(27)21-18(16-7-9-17(24)10-8-16)13-30-22(21)25-20(26)12-29-19-11-14(2)5-6-15(19)3/h5-11,13H,4,12H2,1-3H3,(H,25,26). The van der Waals surface area contributed by atoms with Crippen LogP contribution in [0.5, 0.6) is 5.75 Å². The smallest absolute Gasteiger partial charge is 0.341 e. The normalized spacial score (nSPS) is 10.5. The van der Waals surface area contributed by atoms with Crippen molar-refractivity contribution in [2.75, 3.05) is 18.5 Å². The number of thiophene rings is 1. The van der Waals surface area contributed by atoms with E-state index in [0.717, 1.165) is 11.1 Å². The minimum Gasteiger partial charge on any atom is -0.483 e. The van der Waals surface area contributed by atoms with E-state index < -0.39 is 11.9 Å². The Morgan fingerprint density at radius 1 is 1.10 bits per heavy atom. The molecule has 1 heterocycles. The van der Waals surface area contributed by atoms with Gasteiger partial charge < -0.3 is 14.8 Å². The van der Waals surface area contributed by atoms with Gasteiger partial charge in [-0.25, -0.2) is 9.18 Å². The maximum atomic E-state index is 13.3. The van der Waals surface area contributed by atoms with Crippen LogP contribution in [0.4, 0.5) is 9.39 Å². The van der Waals surface area contributed by atoms with Gasteiger partial charge in [-0.05, 0) is 55.7 Å². The highest BCUT2D eigenvalue weighted by atomic mass is 32.1. The molecule has 0 aliphatic carbocycles. The third-order valence-corrected chi connectivity index (χ3v) is 5.28. The number of nitrogens with one attached hydrogen (secondary N) is 1. The molecule has 0 aliphatic heterocycles. The lowest BCUT2D eigenvalue weighted by Gasteiger charge is -2.11. The van der Waals surface area contributed by atoms with E-state index in [-0.39, 0.29) is 24.6 Å². The molecule has 3 rings (SSSR count). The molecule has 0 radical (unpaired) electrons. The number of anilines is 1. The molecule has 156 valence electrons. The van der Waals surface area contributed by atoms with E-state index in [1.165, 1.54) is 23.5 Å². The summed E-state index contributed by atoms with van der Waals surface area (Å²) in [7, 11) is 0. The maximum absolute atomic E-state index is 13.3. The first-order valence-corrected chi connectivity index (χ1v) is 10.3. The Hall–Kier alpha value is -3.19. The second-order valence-corrected chi connectivity index (χ2v) is 7.57. The lowest BCUT2D eigenvalue weighted by Crippen LogP contribution is -2.21. The number of hydrogen-bond donors (Lipinski definition) is 1. The van der Waals surface area contributed by atoms with Gasteiger partial charge >= 0.3 is 5.97 Å². The number of ether oxygens (including phenoxy) is 2. The molecule has 0 unspecified atom stereocenters. The average molecular weight is 427 g/mol. The van der Waals surface area contributed by atoms with Gasteiger partial charge in [-0.15, -0.1) is 11.3 Å². The Kier molecular flexibility index (Phi) is 6.84. The van der Waals surface area contributed by atoms with Crippen molar-refractivity contribution in [3.8, 4) is 16.9 Å². The lowest BCUT2D eigenvalue weighted by atomic mass is 10.0. The van der Waals surface area contributed by atoms with Crippen LogP contribution in [0.25, 0.3) is 11.1 Å². The lowest BCUT2D eigenvalue weighted by molar-refractivity contribution is -0.118. The van der Waals surface area contributed by atoms with Gasteiger partial charge in [0.2, 0.25) is 0 Å². The van der Waals surface area contributed by atoms with Crippen LogP contribution in [0.3, 0.4) is 0 Å². The van der Waals surface area contributed by atoms with Crippen LogP contribution in [0.15, 0.2) is 47.8 Å². The van der Waals surface area contributed by atoms with E-state index in [4.69, 9.17) is 9.47 Å². The summed E-state index contributed by atoms with van der Waals surface area (Å²) in [6.07, 6.45) is 0. The summed E-state index contributed by atoms with van der Waals surface area (Å²) in [6, 6.07) is 11.6. The predicted octanol–water partition coefficient (Wildman–Crippen LogP) is 5.37. The quantitative estimate of drug-likeness (QED) is 0.515. The Balaban J connectivity index is 1.80. The zero-order valence-corrected chi connectivity index (χ0v) is 17.8. The third kappa shape index (κ3) is 5.04. The van der Waals surface area contributed by atoms with E-state index in [0.29, 0.717) is 21.9 Å². The third-order valence-electron chi connectivity index (χ3n) is 4.38. The number of hydrogen-bond acceptors (Lipinski definition) is 5. The van der Waals surface area contributed by atoms with Crippen molar-refractivity contribution in [3.63, 3.8) is 0 Å². The molecule has 0 bridgehead atoms. The number of benzene rings is 2. The van der Waals surface area contributed by atoms with Crippen molar-refractivity contribution >= 4 is 28.2 Å². The molecule has 30 heavy (non-hydrogen) atoms. The Labute approximate surface area is 178 Å². The molecule has 0 aliphatic rings. The highest BCUT2D eigenvalue weighted by Crippen LogP contribution is 2.36. The van der Waals surface area contributed by atoms with Gasteiger partial charge in [-0.3, -0.25) is 4.79 Å². The van der Waals surface area contributed by atoms with Gasteiger partial charge in [-0.1, -0.05) is 24.3 Å². The monoisotopic (exact) mass is 427 g/mol. The molecule has 3 aromatic rings. The largest absolute Gasteiger partial charge is 0.483 e. The minimum absolute atomic E-state index is 0.195. The first-order chi connectivity index (χ1) is 14.4. The van der Waals surface area contributed by atoms with Gasteiger partial charge in [-0.2, -0.15) is 0 Å². The van der Waals surface area contributed by atoms with Crippen LogP contribution < -0.4 is 10.1 Å². The number of halogens is 1. The molecule has 0 saturated heterocycles. The van der Waals surface area contributed by atoms with Crippen molar-refractivity contribution in [3.05, 3.63) is 70.4 Å². The summed E-state index contributed by atoms with van der Waals surface area (Å²) in [5, 5.41) is 4.84. The molecule has 1 N–H and O–H groups in total. The topological polar surface area (TPSA) is 64.6 Å². The van der Waals surface area contributed by atoms with Crippen molar-refractivity contribution in [2.24, 2.45) is 0 Å². The molecule has 1 amide bonds. The molecular weight excluding hydrogens is 405 g/mol. The first kappa shape index (κ1) is 21.5. The fourth-order valence-corrected chi connectivity index (χ4v) is 3.84. The summed E-state index contributed by atoms with van der Waals surface area (Å²) in [4.78, 5) is 25.0. The molecule has 0 atom stereocenters. The summed E-state index contributed by atoms with van der Waals surface area (Å²) in [6.45, 7) is 5.55. The van der Waals surface area contributed by atoms with Crippen molar-refractivity contribution in [1.82, 2.24) is 0 Å². The summed E-state index contributed by atoms with van der Waals surface area (Å²) in [5.74, 6) is -0.685. The van der Waals surface area contributed by atoms with E-state index in [9.17, 15) is 14.0 Å². The first-order valence-electron chi connectivity index (χ1n) is 9.43. The van der Waals surface area contributed by atoms with Gasteiger partial charge in [0, 0.05) is 10.9 Å². The molecular formula is C23H22FNO4S. The molecule has 1 aromatic heterocycles. The highest BCUT2D eigenvalue weighted by molar-refractivity contribution is 7.15. The number of aryl methyl sites for hydroxylation is 2. The number of carbonyl (C=O) groups excluding carboxylic acids is 2. The van der Waals surface area contributed by atoms with E-state index in [1.807, 2.05) is 32.0 Å².